The van der Waals surface area contributed by atoms with Crippen LogP contribution in [0.15, 0.2) is 48.5 Å². The first-order valence-electron chi connectivity index (χ1n) is 9.38. The van der Waals surface area contributed by atoms with Crippen LogP contribution in [0.2, 0.25) is 0 Å². The Hall–Kier alpha value is -3.42. The van der Waals surface area contributed by atoms with Crippen molar-refractivity contribution in [1.29, 1.82) is 0 Å². The Balaban J connectivity index is 1.80. The van der Waals surface area contributed by atoms with E-state index >= 15 is 0 Å². The number of rotatable bonds is 6. The smallest absolute Gasteiger partial charge is 0.314 e. The predicted octanol–water partition coefficient (Wildman–Crippen LogP) is 3.25. The highest BCUT2D eigenvalue weighted by Gasteiger charge is 2.44. The molecule has 0 atom stereocenters. The SMILES string of the molecule is CCOc1ccc(C(=O)N2CCC(C(=O)O)(c3ccccc3)CC2)cc1[N+](=O)[O-]. The summed E-state index contributed by atoms with van der Waals surface area (Å²) in [6.45, 7) is 2.50. The van der Waals surface area contributed by atoms with Gasteiger partial charge in [0, 0.05) is 24.7 Å². The molecule has 0 bridgehead atoms. The minimum atomic E-state index is -1.04. The normalized spacial score (nSPS) is 15.6. The molecule has 29 heavy (non-hydrogen) atoms. The molecule has 1 amide bonds. The molecule has 1 saturated heterocycles. The largest absolute Gasteiger partial charge is 0.487 e. The van der Waals surface area contributed by atoms with Gasteiger partial charge in [-0.2, -0.15) is 0 Å². The molecule has 152 valence electrons. The van der Waals surface area contributed by atoms with Crippen molar-refractivity contribution < 1.29 is 24.4 Å². The van der Waals surface area contributed by atoms with Gasteiger partial charge < -0.3 is 14.7 Å². The van der Waals surface area contributed by atoms with Gasteiger partial charge in [0.1, 0.15) is 0 Å². The number of nitro groups is 1. The molecule has 1 fully saturated rings. The number of carboxylic acid groups (broad SMARTS) is 1. The van der Waals surface area contributed by atoms with Crippen LogP contribution in [0, 0.1) is 10.1 Å². The van der Waals surface area contributed by atoms with Crippen LogP contribution in [0.3, 0.4) is 0 Å². The van der Waals surface area contributed by atoms with Crippen LogP contribution in [0.25, 0.3) is 0 Å². The van der Waals surface area contributed by atoms with Gasteiger partial charge in [-0.1, -0.05) is 30.3 Å². The number of amides is 1. The third kappa shape index (κ3) is 3.91. The summed E-state index contributed by atoms with van der Waals surface area (Å²) >= 11 is 0. The number of nitro benzene ring substituents is 1. The molecule has 2 aromatic rings. The summed E-state index contributed by atoms with van der Waals surface area (Å²) in [6.07, 6.45) is 0.550. The number of nitrogens with zero attached hydrogens (tertiary/aromatic N) is 2. The molecule has 0 aliphatic carbocycles. The lowest BCUT2D eigenvalue weighted by atomic mass is 9.73. The Morgan fingerprint density at radius 2 is 1.83 bits per heavy atom. The van der Waals surface area contributed by atoms with E-state index in [1.807, 2.05) is 6.07 Å². The highest BCUT2D eigenvalue weighted by Crippen LogP contribution is 2.36. The number of likely N-dealkylation sites (tertiary alicyclic amines) is 1. The van der Waals surface area contributed by atoms with Gasteiger partial charge in [-0.05, 0) is 37.5 Å². The maximum Gasteiger partial charge on any atom is 0.314 e. The van der Waals surface area contributed by atoms with Crippen molar-refractivity contribution in [2.24, 2.45) is 0 Å². The average Bonchev–Trinajstić information content (AvgIpc) is 2.74. The number of ether oxygens (including phenoxy) is 1. The second kappa shape index (κ2) is 8.30. The summed E-state index contributed by atoms with van der Waals surface area (Å²) in [5.74, 6) is -1.16. The summed E-state index contributed by atoms with van der Waals surface area (Å²) in [6, 6.07) is 13.1. The fourth-order valence-corrected chi connectivity index (χ4v) is 3.73. The first kappa shape index (κ1) is 20.3. The molecule has 0 saturated carbocycles. The molecule has 1 aliphatic heterocycles. The number of carbonyl (C=O) groups excluding carboxylic acids is 1. The zero-order chi connectivity index (χ0) is 21.0. The first-order valence-corrected chi connectivity index (χ1v) is 9.38. The third-order valence-corrected chi connectivity index (χ3v) is 5.34. The van der Waals surface area contributed by atoms with Gasteiger partial charge in [0.05, 0.1) is 16.9 Å². The van der Waals surface area contributed by atoms with Crippen molar-refractivity contribution in [3.8, 4) is 5.75 Å². The van der Waals surface area contributed by atoms with E-state index in [1.165, 1.54) is 18.2 Å². The summed E-state index contributed by atoms with van der Waals surface area (Å²) < 4.78 is 5.25. The van der Waals surface area contributed by atoms with Crippen LogP contribution in [-0.4, -0.2) is 46.5 Å². The lowest BCUT2D eigenvalue weighted by Crippen LogP contribution is -2.49. The number of carboxylic acids is 1. The van der Waals surface area contributed by atoms with E-state index in [9.17, 15) is 24.8 Å². The molecule has 8 nitrogen and oxygen atoms in total. The quantitative estimate of drug-likeness (QED) is 0.591. The molecule has 1 heterocycles. The van der Waals surface area contributed by atoms with E-state index in [0.29, 0.717) is 0 Å². The fourth-order valence-electron chi connectivity index (χ4n) is 3.73. The summed E-state index contributed by atoms with van der Waals surface area (Å²) in [5, 5.41) is 21.2. The van der Waals surface area contributed by atoms with Gasteiger partial charge in [-0.3, -0.25) is 19.7 Å². The Kier molecular flexibility index (Phi) is 5.81. The molecule has 8 heteroatoms. The second-order valence-corrected chi connectivity index (χ2v) is 6.92. The number of hydrogen-bond donors (Lipinski definition) is 1. The van der Waals surface area contributed by atoms with Crippen LogP contribution in [0.4, 0.5) is 5.69 Å². The molecule has 0 aromatic heterocycles. The Morgan fingerprint density at radius 1 is 1.17 bits per heavy atom. The summed E-state index contributed by atoms with van der Waals surface area (Å²) in [5.41, 5.74) is -0.402. The molecule has 0 spiro atoms. The van der Waals surface area contributed by atoms with Crippen LogP contribution >= 0.6 is 0 Å². The minimum Gasteiger partial charge on any atom is -0.487 e. The number of benzene rings is 2. The average molecular weight is 398 g/mol. The second-order valence-electron chi connectivity index (χ2n) is 6.92. The van der Waals surface area contributed by atoms with E-state index in [0.717, 1.165) is 5.56 Å². The van der Waals surface area contributed by atoms with Crippen molar-refractivity contribution in [3.63, 3.8) is 0 Å². The molecule has 0 unspecified atom stereocenters. The van der Waals surface area contributed by atoms with Gasteiger partial charge in [0.2, 0.25) is 0 Å². The monoisotopic (exact) mass is 398 g/mol. The van der Waals surface area contributed by atoms with Crippen molar-refractivity contribution in [2.75, 3.05) is 19.7 Å². The van der Waals surface area contributed by atoms with Crippen molar-refractivity contribution in [1.82, 2.24) is 4.90 Å². The summed E-state index contributed by atoms with van der Waals surface area (Å²) in [4.78, 5) is 37.2. The molecule has 0 radical (unpaired) electrons. The topological polar surface area (TPSA) is 110 Å². The molecule has 2 aromatic carbocycles. The van der Waals surface area contributed by atoms with Gasteiger partial charge in [0.15, 0.2) is 5.75 Å². The van der Waals surface area contributed by atoms with Crippen LogP contribution < -0.4 is 4.74 Å². The number of piperidine rings is 1. The zero-order valence-electron chi connectivity index (χ0n) is 16.0. The maximum atomic E-state index is 12.9. The highest BCUT2D eigenvalue weighted by molar-refractivity contribution is 5.95. The first-order chi connectivity index (χ1) is 13.9. The molecule has 3 rings (SSSR count). The predicted molar refractivity (Wildman–Crippen MR) is 105 cm³/mol. The number of hydrogen-bond acceptors (Lipinski definition) is 5. The van der Waals surface area contributed by atoms with E-state index in [-0.39, 0.29) is 55.4 Å². The third-order valence-electron chi connectivity index (χ3n) is 5.34. The van der Waals surface area contributed by atoms with E-state index in [2.05, 4.69) is 0 Å². The van der Waals surface area contributed by atoms with Gasteiger partial charge in [0.25, 0.3) is 5.91 Å². The van der Waals surface area contributed by atoms with Gasteiger partial charge in [-0.25, -0.2) is 0 Å². The standard InChI is InChI=1S/C21H22N2O6/c1-2-29-18-9-8-15(14-17(18)23(27)28)19(24)22-12-10-21(11-13-22,20(25)26)16-6-4-3-5-7-16/h3-9,14H,2,10-13H2,1H3,(H,25,26). The Labute approximate surface area is 167 Å². The molecular formula is C21H22N2O6. The lowest BCUT2D eigenvalue weighted by molar-refractivity contribution is -0.385. The van der Waals surface area contributed by atoms with Gasteiger partial charge >= 0.3 is 11.7 Å². The zero-order valence-corrected chi connectivity index (χ0v) is 16.0. The Bertz CT molecular complexity index is 920. The van der Waals surface area contributed by atoms with Crippen molar-refractivity contribution in [3.05, 3.63) is 69.8 Å². The molecular weight excluding hydrogens is 376 g/mol. The van der Waals surface area contributed by atoms with Gasteiger partial charge in [-0.15, -0.1) is 0 Å². The number of aliphatic carboxylic acids is 1. The molecule has 1 aliphatic rings. The lowest BCUT2D eigenvalue weighted by Gasteiger charge is -2.39. The van der Waals surface area contributed by atoms with Crippen LogP contribution in [-0.2, 0) is 10.2 Å². The van der Waals surface area contributed by atoms with Crippen molar-refractivity contribution >= 4 is 17.6 Å². The van der Waals surface area contributed by atoms with E-state index in [4.69, 9.17) is 4.74 Å². The van der Waals surface area contributed by atoms with Crippen LogP contribution in [0.1, 0.15) is 35.7 Å². The minimum absolute atomic E-state index is 0.113. The van der Waals surface area contributed by atoms with Crippen molar-refractivity contribution in [2.45, 2.75) is 25.2 Å². The molecule has 1 N–H and O–H groups in total. The van der Waals surface area contributed by atoms with E-state index in [1.54, 1.807) is 36.1 Å². The summed E-state index contributed by atoms with van der Waals surface area (Å²) in [7, 11) is 0. The maximum absolute atomic E-state index is 12.9. The van der Waals surface area contributed by atoms with E-state index < -0.39 is 16.3 Å². The highest BCUT2D eigenvalue weighted by atomic mass is 16.6. The number of carbonyl (C=O) groups is 2. The van der Waals surface area contributed by atoms with Crippen LogP contribution in [0.5, 0.6) is 5.75 Å². The Morgan fingerprint density at radius 3 is 2.38 bits per heavy atom. The fraction of sp³-hybridized carbons (Fsp3) is 0.333.